The highest BCUT2D eigenvalue weighted by molar-refractivity contribution is 5.97. The summed E-state index contributed by atoms with van der Waals surface area (Å²) in [6, 6.07) is 3.85. The summed E-state index contributed by atoms with van der Waals surface area (Å²) in [5.74, 6) is 0.413. The second-order valence-electron chi connectivity index (χ2n) is 8.78. The van der Waals surface area contributed by atoms with Gasteiger partial charge in [0.15, 0.2) is 0 Å². The monoisotopic (exact) mass is 422 g/mol. The van der Waals surface area contributed by atoms with Crippen LogP contribution in [0.1, 0.15) is 48.1 Å². The van der Waals surface area contributed by atoms with Gasteiger partial charge in [-0.25, -0.2) is 4.79 Å². The van der Waals surface area contributed by atoms with Gasteiger partial charge in [0.25, 0.3) is 0 Å². The number of fused-ring (bicyclic) bond motifs is 4. The van der Waals surface area contributed by atoms with Crippen LogP contribution in [0, 0.1) is 12.8 Å². The molecule has 1 fully saturated rings. The fourth-order valence-corrected chi connectivity index (χ4v) is 5.03. The zero-order valence-electron chi connectivity index (χ0n) is 17.7. The van der Waals surface area contributed by atoms with Gasteiger partial charge in [0.2, 0.25) is 11.8 Å². The summed E-state index contributed by atoms with van der Waals surface area (Å²) in [5, 5.41) is 1.92. The van der Waals surface area contributed by atoms with E-state index in [9.17, 15) is 14.4 Å². The quantitative estimate of drug-likeness (QED) is 0.653. The van der Waals surface area contributed by atoms with E-state index >= 15 is 0 Å². The smallest absolute Gasteiger partial charge is 0.340 e. The van der Waals surface area contributed by atoms with E-state index in [0.29, 0.717) is 37.1 Å². The molecule has 162 valence electrons. The Hall–Kier alpha value is -3.09. The number of rotatable bonds is 3. The first-order chi connectivity index (χ1) is 14.9. The molecule has 2 amide bonds. The summed E-state index contributed by atoms with van der Waals surface area (Å²) in [5.41, 5.74) is 8.55. The SMILES string of the molecule is Cc1c(CC(=O)N2CCC(C(N)=O)CC2)c(=O)oc2cc3oc4c(c3cc12)CCCC4. The van der Waals surface area contributed by atoms with Gasteiger partial charge in [0.05, 0.1) is 12.0 Å². The standard InChI is InChI=1S/C24H26N2O5/c1-13-16-10-18-15-4-2-3-5-19(15)30-21(18)12-20(16)31-24(29)17(13)11-22(27)26-8-6-14(7-9-26)23(25)28/h10,12,14H,2-9,11H2,1H3,(H2,25,28). The van der Waals surface area contributed by atoms with Gasteiger partial charge >= 0.3 is 5.63 Å². The van der Waals surface area contributed by atoms with Crippen LogP contribution in [0.25, 0.3) is 21.9 Å². The van der Waals surface area contributed by atoms with E-state index in [0.717, 1.165) is 53.4 Å². The number of amides is 2. The van der Waals surface area contributed by atoms with Crippen LogP contribution in [-0.2, 0) is 28.9 Å². The number of carbonyl (C=O) groups is 2. The third-order valence-electron chi connectivity index (χ3n) is 6.94. The molecular formula is C24H26N2O5. The molecule has 3 aromatic rings. The molecule has 1 aromatic carbocycles. The number of likely N-dealkylation sites (tertiary alicyclic amines) is 1. The number of nitrogens with two attached hydrogens (primary N) is 1. The van der Waals surface area contributed by atoms with Crippen LogP contribution in [0.4, 0.5) is 0 Å². The van der Waals surface area contributed by atoms with E-state index in [1.165, 1.54) is 5.56 Å². The van der Waals surface area contributed by atoms with Crippen LogP contribution in [0.2, 0.25) is 0 Å². The minimum Gasteiger partial charge on any atom is -0.461 e. The molecule has 0 unspecified atom stereocenters. The third-order valence-corrected chi connectivity index (χ3v) is 6.94. The summed E-state index contributed by atoms with van der Waals surface area (Å²) in [7, 11) is 0. The second kappa shape index (κ2) is 7.55. The Labute approximate surface area is 179 Å². The lowest BCUT2D eigenvalue weighted by molar-refractivity contribution is -0.134. The lowest BCUT2D eigenvalue weighted by Crippen LogP contribution is -2.42. The van der Waals surface area contributed by atoms with Crippen molar-refractivity contribution in [1.29, 1.82) is 0 Å². The van der Waals surface area contributed by atoms with Gasteiger partial charge in [-0.1, -0.05) is 0 Å². The lowest BCUT2D eigenvalue weighted by Gasteiger charge is -2.30. The summed E-state index contributed by atoms with van der Waals surface area (Å²) in [6.45, 7) is 2.83. The molecule has 5 rings (SSSR count). The van der Waals surface area contributed by atoms with Crippen LogP contribution >= 0.6 is 0 Å². The molecule has 0 spiro atoms. The second-order valence-corrected chi connectivity index (χ2v) is 8.78. The minimum atomic E-state index is -0.485. The number of piperidine rings is 1. The van der Waals surface area contributed by atoms with Gasteiger partial charge in [0, 0.05) is 47.8 Å². The van der Waals surface area contributed by atoms with E-state index in [1.54, 1.807) is 11.0 Å². The first kappa shape index (κ1) is 19.8. The van der Waals surface area contributed by atoms with Crippen LogP contribution in [0.3, 0.4) is 0 Å². The van der Waals surface area contributed by atoms with Crippen LogP contribution < -0.4 is 11.4 Å². The molecule has 3 heterocycles. The summed E-state index contributed by atoms with van der Waals surface area (Å²) in [4.78, 5) is 38.6. The van der Waals surface area contributed by atoms with Crippen molar-refractivity contribution in [3.05, 3.63) is 45.0 Å². The zero-order valence-corrected chi connectivity index (χ0v) is 17.7. The highest BCUT2D eigenvalue weighted by atomic mass is 16.4. The molecule has 2 aliphatic rings. The molecule has 0 bridgehead atoms. The molecule has 1 saturated heterocycles. The number of benzene rings is 1. The number of carbonyl (C=O) groups excluding carboxylic acids is 2. The van der Waals surface area contributed by atoms with Gasteiger partial charge in [-0.3, -0.25) is 9.59 Å². The van der Waals surface area contributed by atoms with Crippen molar-refractivity contribution < 1.29 is 18.4 Å². The van der Waals surface area contributed by atoms with Gasteiger partial charge in [-0.15, -0.1) is 0 Å². The lowest BCUT2D eigenvalue weighted by atomic mass is 9.94. The molecule has 1 aliphatic heterocycles. The maximum absolute atomic E-state index is 12.9. The van der Waals surface area contributed by atoms with Crippen molar-refractivity contribution in [1.82, 2.24) is 4.90 Å². The molecule has 7 heteroatoms. The maximum Gasteiger partial charge on any atom is 0.340 e. The largest absolute Gasteiger partial charge is 0.461 e. The van der Waals surface area contributed by atoms with Gasteiger partial charge in [0.1, 0.15) is 16.9 Å². The maximum atomic E-state index is 12.9. The number of nitrogens with zero attached hydrogens (tertiary/aromatic N) is 1. The van der Waals surface area contributed by atoms with Crippen molar-refractivity contribution in [2.24, 2.45) is 11.7 Å². The van der Waals surface area contributed by atoms with E-state index < -0.39 is 5.63 Å². The van der Waals surface area contributed by atoms with Crippen molar-refractivity contribution >= 4 is 33.8 Å². The number of furan rings is 1. The highest BCUT2D eigenvalue weighted by Gasteiger charge is 2.27. The zero-order chi connectivity index (χ0) is 21.7. The molecular weight excluding hydrogens is 396 g/mol. The Morgan fingerprint density at radius 2 is 1.77 bits per heavy atom. The summed E-state index contributed by atoms with van der Waals surface area (Å²) < 4.78 is 11.6. The Morgan fingerprint density at radius 3 is 2.52 bits per heavy atom. The predicted molar refractivity (Wildman–Crippen MR) is 116 cm³/mol. The van der Waals surface area contributed by atoms with E-state index in [2.05, 4.69) is 0 Å². The molecule has 0 atom stereocenters. The number of aryl methyl sites for hydroxylation is 3. The van der Waals surface area contributed by atoms with Crippen LogP contribution in [0.15, 0.2) is 25.8 Å². The molecule has 31 heavy (non-hydrogen) atoms. The summed E-state index contributed by atoms with van der Waals surface area (Å²) >= 11 is 0. The molecule has 0 saturated carbocycles. The molecule has 7 nitrogen and oxygen atoms in total. The molecule has 1 aliphatic carbocycles. The average molecular weight is 422 g/mol. The Morgan fingerprint density at radius 1 is 1.06 bits per heavy atom. The van der Waals surface area contributed by atoms with Crippen molar-refractivity contribution in [3.8, 4) is 0 Å². The number of primary amides is 1. The van der Waals surface area contributed by atoms with Gasteiger partial charge < -0.3 is 19.5 Å². The molecule has 2 N–H and O–H groups in total. The fraction of sp³-hybridized carbons (Fsp3) is 0.458. The molecule has 0 radical (unpaired) electrons. The first-order valence-corrected chi connectivity index (χ1v) is 11.0. The normalized spacial score (nSPS) is 17.3. The van der Waals surface area contributed by atoms with Gasteiger partial charge in [-0.05, 0) is 50.7 Å². The van der Waals surface area contributed by atoms with E-state index in [-0.39, 0.29) is 24.2 Å². The minimum absolute atomic E-state index is 0.00707. The average Bonchev–Trinajstić information content (AvgIpc) is 3.13. The Bertz CT molecular complexity index is 1260. The van der Waals surface area contributed by atoms with Crippen molar-refractivity contribution in [3.63, 3.8) is 0 Å². The Kier molecular flexibility index (Phi) is 4.84. The van der Waals surface area contributed by atoms with Crippen LogP contribution in [-0.4, -0.2) is 29.8 Å². The topological polar surface area (TPSA) is 107 Å². The van der Waals surface area contributed by atoms with Crippen LogP contribution in [0.5, 0.6) is 0 Å². The number of hydrogen-bond donors (Lipinski definition) is 1. The van der Waals surface area contributed by atoms with E-state index in [4.69, 9.17) is 14.6 Å². The van der Waals surface area contributed by atoms with Crippen molar-refractivity contribution in [2.45, 2.75) is 51.9 Å². The number of hydrogen-bond acceptors (Lipinski definition) is 5. The van der Waals surface area contributed by atoms with Gasteiger partial charge in [-0.2, -0.15) is 0 Å². The fourth-order valence-electron chi connectivity index (χ4n) is 5.03. The highest BCUT2D eigenvalue weighted by Crippen LogP contribution is 2.35. The first-order valence-electron chi connectivity index (χ1n) is 11.0. The third kappa shape index (κ3) is 3.42. The van der Waals surface area contributed by atoms with Crippen molar-refractivity contribution in [2.75, 3.05) is 13.1 Å². The Balaban J connectivity index is 1.47. The summed E-state index contributed by atoms with van der Waals surface area (Å²) in [6.07, 6.45) is 5.34. The molecule has 2 aromatic heterocycles. The predicted octanol–water partition coefficient (Wildman–Crippen LogP) is 2.99. The van der Waals surface area contributed by atoms with E-state index in [1.807, 2.05) is 13.0 Å².